The highest BCUT2D eigenvalue weighted by molar-refractivity contribution is 5.90. The lowest BCUT2D eigenvalue weighted by Gasteiger charge is -2.09. The third-order valence-corrected chi connectivity index (χ3v) is 2.44. The second-order valence-corrected chi connectivity index (χ2v) is 3.97. The minimum absolute atomic E-state index is 0.329. The van der Waals surface area contributed by atoms with Crippen molar-refractivity contribution in [2.75, 3.05) is 0 Å². The molecule has 2 aromatic rings. The lowest BCUT2D eigenvalue weighted by Crippen LogP contribution is -2.05. The average molecular weight is 275 g/mol. The van der Waals surface area contributed by atoms with Crippen molar-refractivity contribution >= 4 is 12.0 Å². The molecule has 5 heteroatoms. The molecule has 3 nitrogen and oxygen atoms in total. The van der Waals surface area contributed by atoms with Gasteiger partial charge in [-0.15, -0.1) is 0 Å². The summed E-state index contributed by atoms with van der Waals surface area (Å²) in [4.78, 5) is 10.7. The number of primary amides is 1. The monoisotopic (exact) mass is 275 g/mol. The van der Waals surface area contributed by atoms with Crippen LogP contribution in [0, 0.1) is 11.6 Å². The molecule has 2 N–H and O–H groups in total. The number of carbonyl (C=O) groups is 1. The van der Waals surface area contributed by atoms with Gasteiger partial charge in [-0.25, -0.2) is 8.78 Å². The smallest absolute Gasteiger partial charge is 0.241 e. The molecular formula is C15H11F2NO2. The lowest BCUT2D eigenvalue weighted by molar-refractivity contribution is -0.113. The number of carbonyl (C=O) groups excluding carboxylic acids is 1. The van der Waals surface area contributed by atoms with E-state index in [1.165, 1.54) is 48.5 Å². The molecule has 0 aliphatic heterocycles. The Morgan fingerprint density at radius 1 is 1.05 bits per heavy atom. The average Bonchev–Trinajstić information content (AvgIpc) is 2.41. The van der Waals surface area contributed by atoms with Gasteiger partial charge < -0.3 is 10.5 Å². The third kappa shape index (κ3) is 3.65. The van der Waals surface area contributed by atoms with Crippen molar-refractivity contribution in [3.05, 3.63) is 65.7 Å². The van der Waals surface area contributed by atoms with Crippen molar-refractivity contribution in [1.82, 2.24) is 0 Å². The van der Waals surface area contributed by atoms with E-state index in [2.05, 4.69) is 0 Å². The van der Waals surface area contributed by atoms with E-state index in [0.29, 0.717) is 17.1 Å². The summed E-state index contributed by atoms with van der Waals surface area (Å²) < 4.78 is 31.5. The van der Waals surface area contributed by atoms with Crippen LogP contribution in [0.1, 0.15) is 5.56 Å². The van der Waals surface area contributed by atoms with E-state index in [-0.39, 0.29) is 5.82 Å². The van der Waals surface area contributed by atoms with Crippen LogP contribution in [0.25, 0.3) is 6.08 Å². The Kier molecular flexibility index (Phi) is 4.10. The molecule has 2 aromatic carbocycles. The Labute approximate surface area is 114 Å². The third-order valence-electron chi connectivity index (χ3n) is 2.44. The van der Waals surface area contributed by atoms with Crippen LogP contribution in [-0.2, 0) is 4.79 Å². The minimum atomic E-state index is -0.651. The zero-order valence-corrected chi connectivity index (χ0v) is 10.3. The topological polar surface area (TPSA) is 52.3 Å². The number of hydrogen-bond acceptors (Lipinski definition) is 2. The van der Waals surface area contributed by atoms with Crippen LogP contribution < -0.4 is 10.5 Å². The summed E-state index contributed by atoms with van der Waals surface area (Å²) in [5.74, 6) is -0.782. The molecule has 1 amide bonds. The van der Waals surface area contributed by atoms with Crippen LogP contribution >= 0.6 is 0 Å². The molecule has 0 fully saturated rings. The normalized spacial score (nSPS) is 10.7. The highest BCUT2D eigenvalue weighted by Crippen LogP contribution is 2.27. The van der Waals surface area contributed by atoms with Gasteiger partial charge in [-0.3, -0.25) is 4.79 Å². The fourth-order valence-corrected chi connectivity index (χ4v) is 1.54. The molecule has 2 rings (SSSR count). The maximum atomic E-state index is 13.2. The fraction of sp³-hybridized carbons (Fsp3) is 0. The van der Waals surface area contributed by atoms with Gasteiger partial charge in [0.1, 0.15) is 23.1 Å². The minimum Gasteiger partial charge on any atom is -0.457 e. The van der Waals surface area contributed by atoms with E-state index >= 15 is 0 Å². The molecule has 0 saturated carbocycles. The first-order chi connectivity index (χ1) is 9.54. The summed E-state index contributed by atoms with van der Waals surface area (Å²) in [6.45, 7) is 0. The Morgan fingerprint density at radius 2 is 1.70 bits per heavy atom. The Hall–Kier alpha value is -2.69. The van der Waals surface area contributed by atoms with Crippen molar-refractivity contribution < 1.29 is 18.3 Å². The van der Waals surface area contributed by atoms with E-state index in [1.54, 1.807) is 0 Å². The van der Waals surface area contributed by atoms with E-state index < -0.39 is 11.7 Å². The van der Waals surface area contributed by atoms with E-state index in [9.17, 15) is 13.6 Å². The fourth-order valence-electron chi connectivity index (χ4n) is 1.54. The van der Waals surface area contributed by atoms with Gasteiger partial charge in [0.2, 0.25) is 5.91 Å². The van der Waals surface area contributed by atoms with Crippen LogP contribution in [0.4, 0.5) is 8.78 Å². The summed E-state index contributed by atoms with van der Waals surface area (Å²) in [6.07, 6.45) is 2.45. The van der Waals surface area contributed by atoms with Crippen LogP contribution in [0.15, 0.2) is 48.5 Å². The van der Waals surface area contributed by atoms with Crippen molar-refractivity contribution in [3.63, 3.8) is 0 Å². The summed E-state index contributed by atoms with van der Waals surface area (Å²) in [7, 11) is 0. The van der Waals surface area contributed by atoms with Gasteiger partial charge in [-0.1, -0.05) is 0 Å². The zero-order valence-electron chi connectivity index (χ0n) is 10.3. The van der Waals surface area contributed by atoms with Gasteiger partial charge in [-0.05, 0) is 48.5 Å². The lowest BCUT2D eigenvalue weighted by atomic mass is 10.1. The number of halogens is 2. The number of hydrogen-bond donors (Lipinski definition) is 1. The molecule has 0 saturated heterocycles. The molecule has 0 atom stereocenters. The highest BCUT2D eigenvalue weighted by atomic mass is 19.1. The predicted molar refractivity (Wildman–Crippen MR) is 71.1 cm³/mol. The molecule has 0 heterocycles. The van der Waals surface area contributed by atoms with Gasteiger partial charge in [0, 0.05) is 11.6 Å². The number of ether oxygens (including phenoxy) is 1. The highest BCUT2D eigenvalue weighted by Gasteiger charge is 2.05. The standard InChI is InChI=1S/C15H11F2NO2/c16-11-2-5-13(6-3-11)20-14-7-4-12(17)9-10(14)1-8-15(18)19/h1-9H,(H2,18,19)/b8-1-. The van der Waals surface area contributed by atoms with Crippen LogP contribution in [0.2, 0.25) is 0 Å². The summed E-state index contributed by atoms with van der Waals surface area (Å²) in [5.41, 5.74) is 5.35. The van der Waals surface area contributed by atoms with Crippen molar-refractivity contribution in [3.8, 4) is 11.5 Å². The van der Waals surface area contributed by atoms with Crippen LogP contribution in [-0.4, -0.2) is 5.91 Å². The molecule has 0 aliphatic carbocycles. The first-order valence-electron chi connectivity index (χ1n) is 5.75. The Balaban J connectivity index is 2.30. The molecular weight excluding hydrogens is 264 g/mol. The number of nitrogens with two attached hydrogens (primary N) is 1. The van der Waals surface area contributed by atoms with E-state index in [4.69, 9.17) is 10.5 Å². The first kappa shape index (κ1) is 13.7. The second-order valence-electron chi connectivity index (χ2n) is 3.97. The van der Waals surface area contributed by atoms with Gasteiger partial charge in [0.05, 0.1) is 0 Å². The quantitative estimate of drug-likeness (QED) is 0.871. The molecule has 0 aromatic heterocycles. The summed E-state index contributed by atoms with van der Waals surface area (Å²) in [6, 6.07) is 9.23. The molecule has 102 valence electrons. The van der Waals surface area contributed by atoms with E-state index in [0.717, 1.165) is 6.08 Å². The molecule has 20 heavy (non-hydrogen) atoms. The number of benzene rings is 2. The molecule has 0 spiro atoms. The molecule has 0 aliphatic rings. The predicted octanol–water partition coefficient (Wildman–Crippen LogP) is 3.26. The maximum absolute atomic E-state index is 13.2. The summed E-state index contributed by atoms with van der Waals surface area (Å²) >= 11 is 0. The van der Waals surface area contributed by atoms with Gasteiger partial charge >= 0.3 is 0 Å². The van der Waals surface area contributed by atoms with Gasteiger partial charge in [-0.2, -0.15) is 0 Å². The van der Waals surface area contributed by atoms with Crippen molar-refractivity contribution in [2.45, 2.75) is 0 Å². The second kappa shape index (κ2) is 5.97. The number of amides is 1. The Morgan fingerprint density at radius 3 is 2.35 bits per heavy atom. The number of rotatable bonds is 4. The van der Waals surface area contributed by atoms with E-state index in [1.807, 2.05) is 0 Å². The SMILES string of the molecule is NC(=O)/C=C\c1cc(F)ccc1Oc1ccc(F)cc1. The Bertz CT molecular complexity index is 651. The van der Waals surface area contributed by atoms with Crippen LogP contribution in [0.5, 0.6) is 11.5 Å². The first-order valence-corrected chi connectivity index (χ1v) is 5.75. The van der Waals surface area contributed by atoms with Crippen LogP contribution in [0.3, 0.4) is 0 Å². The zero-order chi connectivity index (χ0) is 14.5. The van der Waals surface area contributed by atoms with Crippen molar-refractivity contribution in [2.24, 2.45) is 5.73 Å². The summed E-state index contributed by atoms with van der Waals surface area (Å²) in [5, 5.41) is 0. The van der Waals surface area contributed by atoms with Gasteiger partial charge in [0.25, 0.3) is 0 Å². The largest absolute Gasteiger partial charge is 0.457 e. The van der Waals surface area contributed by atoms with Gasteiger partial charge in [0.15, 0.2) is 0 Å². The maximum Gasteiger partial charge on any atom is 0.241 e. The molecule has 0 bridgehead atoms. The molecule has 0 radical (unpaired) electrons. The molecule has 0 unspecified atom stereocenters. The van der Waals surface area contributed by atoms with Crippen molar-refractivity contribution in [1.29, 1.82) is 0 Å².